The molecule has 0 aromatic heterocycles. The lowest BCUT2D eigenvalue weighted by Crippen LogP contribution is -2.25. The SMILES string of the molecule is CCCCC(CC)(CCl)Cc1cc(F)ccc1F. The van der Waals surface area contributed by atoms with Crippen LogP contribution in [0.2, 0.25) is 0 Å². The first-order valence-electron chi connectivity index (χ1n) is 6.57. The molecule has 0 saturated carbocycles. The van der Waals surface area contributed by atoms with Crippen molar-refractivity contribution < 1.29 is 8.78 Å². The summed E-state index contributed by atoms with van der Waals surface area (Å²) in [6.07, 6.45) is 4.50. The maximum absolute atomic E-state index is 13.7. The van der Waals surface area contributed by atoms with E-state index in [9.17, 15) is 8.78 Å². The molecule has 1 unspecified atom stereocenters. The van der Waals surface area contributed by atoms with E-state index in [1.54, 1.807) is 0 Å². The van der Waals surface area contributed by atoms with E-state index < -0.39 is 0 Å². The van der Waals surface area contributed by atoms with Crippen LogP contribution in [0, 0.1) is 17.0 Å². The molecule has 0 aliphatic heterocycles. The van der Waals surface area contributed by atoms with Gasteiger partial charge in [-0.15, -0.1) is 11.6 Å². The third-order valence-electron chi connectivity index (χ3n) is 3.67. The van der Waals surface area contributed by atoms with Gasteiger partial charge in [0.25, 0.3) is 0 Å². The lowest BCUT2D eigenvalue weighted by atomic mass is 9.77. The van der Waals surface area contributed by atoms with E-state index in [1.165, 1.54) is 12.1 Å². The van der Waals surface area contributed by atoms with Crippen molar-refractivity contribution in [3.63, 3.8) is 0 Å². The molecular formula is C15H21ClF2. The lowest BCUT2D eigenvalue weighted by molar-refractivity contribution is 0.275. The number of hydrogen-bond acceptors (Lipinski definition) is 0. The Labute approximate surface area is 113 Å². The number of unbranched alkanes of at least 4 members (excludes halogenated alkanes) is 1. The minimum absolute atomic E-state index is 0.119. The molecule has 3 heteroatoms. The summed E-state index contributed by atoms with van der Waals surface area (Å²) in [6, 6.07) is 3.64. The van der Waals surface area contributed by atoms with Gasteiger partial charge in [-0.1, -0.05) is 26.7 Å². The predicted octanol–water partition coefficient (Wildman–Crippen LogP) is 5.33. The van der Waals surface area contributed by atoms with Gasteiger partial charge in [-0.3, -0.25) is 0 Å². The maximum Gasteiger partial charge on any atom is 0.126 e. The van der Waals surface area contributed by atoms with Crippen molar-refractivity contribution in [2.75, 3.05) is 5.88 Å². The summed E-state index contributed by atoms with van der Waals surface area (Å²) in [5, 5.41) is 0. The molecule has 1 aromatic carbocycles. The molecule has 0 spiro atoms. The van der Waals surface area contributed by atoms with Gasteiger partial charge in [0, 0.05) is 5.88 Å². The third-order valence-corrected chi connectivity index (χ3v) is 4.23. The number of hydrogen-bond donors (Lipinski definition) is 0. The first-order valence-corrected chi connectivity index (χ1v) is 7.10. The standard InChI is InChI=1S/C15H21ClF2/c1-3-5-8-15(4-2,11-16)10-12-9-13(17)6-7-14(12)18/h6-7,9H,3-5,8,10-11H2,1-2H3. The van der Waals surface area contributed by atoms with Gasteiger partial charge in [-0.05, 0) is 48.4 Å². The summed E-state index contributed by atoms with van der Waals surface area (Å²) in [6.45, 7) is 4.19. The molecular weight excluding hydrogens is 254 g/mol. The van der Waals surface area contributed by atoms with Gasteiger partial charge in [0.1, 0.15) is 11.6 Å². The van der Waals surface area contributed by atoms with Crippen molar-refractivity contribution in [1.82, 2.24) is 0 Å². The zero-order valence-electron chi connectivity index (χ0n) is 11.1. The van der Waals surface area contributed by atoms with Crippen LogP contribution in [0.3, 0.4) is 0 Å². The van der Waals surface area contributed by atoms with Crippen molar-refractivity contribution >= 4 is 11.6 Å². The summed E-state index contributed by atoms with van der Waals surface area (Å²) in [5.41, 5.74) is 0.320. The molecule has 0 nitrogen and oxygen atoms in total. The monoisotopic (exact) mass is 274 g/mol. The van der Waals surface area contributed by atoms with Crippen molar-refractivity contribution in [3.8, 4) is 0 Å². The van der Waals surface area contributed by atoms with Crippen LogP contribution in [0.25, 0.3) is 0 Å². The van der Waals surface area contributed by atoms with Gasteiger partial charge >= 0.3 is 0 Å². The minimum atomic E-state index is -0.388. The third kappa shape index (κ3) is 3.94. The Bertz CT molecular complexity index is 373. The molecule has 0 bridgehead atoms. The normalized spacial score (nSPS) is 14.5. The average molecular weight is 275 g/mol. The van der Waals surface area contributed by atoms with Crippen molar-refractivity contribution in [1.29, 1.82) is 0 Å². The fourth-order valence-corrected chi connectivity index (χ4v) is 2.65. The van der Waals surface area contributed by atoms with E-state index in [-0.39, 0.29) is 17.0 Å². The van der Waals surface area contributed by atoms with E-state index in [4.69, 9.17) is 11.6 Å². The Morgan fingerprint density at radius 1 is 1.22 bits per heavy atom. The van der Waals surface area contributed by atoms with Crippen molar-refractivity contribution in [3.05, 3.63) is 35.4 Å². The summed E-state index contributed by atoms with van der Waals surface area (Å²) in [4.78, 5) is 0. The number of rotatable bonds is 7. The Hall–Kier alpha value is -0.630. The lowest BCUT2D eigenvalue weighted by Gasteiger charge is -2.31. The van der Waals surface area contributed by atoms with Gasteiger partial charge < -0.3 is 0 Å². The molecule has 0 radical (unpaired) electrons. The van der Waals surface area contributed by atoms with Crippen LogP contribution in [-0.4, -0.2) is 5.88 Å². The second-order valence-electron chi connectivity index (χ2n) is 5.00. The molecule has 0 aliphatic rings. The summed E-state index contributed by atoms with van der Waals surface area (Å²) in [7, 11) is 0. The highest BCUT2D eigenvalue weighted by Crippen LogP contribution is 2.35. The molecule has 0 fully saturated rings. The zero-order chi connectivity index (χ0) is 13.6. The van der Waals surface area contributed by atoms with Crippen molar-refractivity contribution in [2.45, 2.75) is 46.0 Å². The fourth-order valence-electron chi connectivity index (χ4n) is 2.23. The zero-order valence-corrected chi connectivity index (χ0v) is 11.9. The predicted molar refractivity (Wildman–Crippen MR) is 73.0 cm³/mol. The van der Waals surface area contributed by atoms with Crippen LogP contribution < -0.4 is 0 Å². The second-order valence-corrected chi connectivity index (χ2v) is 5.27. The molecule has 1 atom stereocenters. The van der Waals surface area contributed by atoms with Crippen LogP contribution in [0.4, 0.5) is 8.78 Å². The highest BCUT2D eigenvalue weighted by Gasteiger charge is 2.28. The first-order chi connectivity index (χ1) is 8.56. The van der Waals surface area contributed by atoms with Gasteiger partial charge in [0.15, 0.2) is 0 Å². The topological polar surface area (TPSA) is 0 Å². The largest absolute Gasteiger partial charge is 0.207 e. The highest BCUT2D eigenvalue weighted by molar-refractivity contribution is 6.18. The Morgan fingerprint density at radius 3 is 2.50 bits per heavy atom. The van der Waals surface area contributed by atoms with E-state index in [1.807, 2.05) is 0 Å². The van der Waals surface area contributed by atoms with Gasteiger partial charge in [0.05, 0.1) is 0 Å². The van der Waals surface area contributed by atoms with Crippen LogP contribution in [-0.2, 0) is 6.42 Å². The number of benzene rings is 1. The molecule has 1 aromatic rings. The minimum Gasteiger partial charge on any atom is -0.207 e. The molecule has 0 aliphatic carbocycles. The quantitative estimate of drug-likeness (QED) is 0.589. The molecule has 102 valence electrons. The highest BCUT2D eigenvalue weighted by atomic mass is 35.5. The van der Waals surface area contributed by atoms with Gasteiger partial charge in [0.2, 0.25) is 0 Å². The van der Waals surface area contributed by atoms with E-state index >= 15 is 0 Å². The molecule has 1 rings (SSSR count). The molecule has 0 saturated heterocycles. The molecule has 0 N–H and O–H groups in total. The number of halogens is 3. The average Bonchev–Trinajstić information content (AvgIpc) is 2.39. The van der Waals surface area contributed by atoms with Crippen LogP contribution >= 0.6 is 11.6 Å². The molecule has 0 heterocycles. The van der Waals surface area contributed by atoms with Gasteiger partial charge in [-0.2, -0.15) is 0 Å². The molecule has 18 heavy (non-hydrogen) atoms. The summed E-state index contributed by atoms with van der Waals surface area (Å²) in [5.74, 6) is -0.239. The Balaban J connectivity index is 2.91. The summed E-state index contributed by atoms with van der Waals surface area (Å²) < 4.78 is 26.9. The van der Waals surface area contributed by atoms with Crippen LogP contribution in [0.1, 0.15) is 45.1 Å². The Morgan fingerprint density at radius 2 is 1.94 bits per heavy atom. The second kappa shape index (κ2) is 7.08. The van der Waals surface area contributed by atoms with E-state index in [0.29, 0.717) is 17.9 Å². The van der Waals surface area contributed by atoms with Crippen molar-refractivity contribution in [2.24, 2.45) is 5.41 Å². The molecule has 0 amide bonds. The van der Waals surface area contributed by atoms with Crippen LogP contribution in [0.15, 0.2) is 18.2 Å². The summed E-state index contributed by atoms with van der Waals surface area (Å²) >= 11 is 6.09. The van der Waals surface area contributed by atoms with E-state index in [0.717, 1.165) is 31.7 Å². The number of alkyl halides is 1. The van der Waals surface area contributed by atoms with Gasteiger partial charge in [-0.25, -0.2) is 8.78 Å². The first kappa shape index (κ1) is 15.4. The smallest absolute Gasteiger partial charge is 0.126 e. The van der Waals surface area contributed by atoms with E-state index in [2.05, 4.69) is 13.8 Å². The maximum atomic E-state index is 13.7. The fraction of sp³-hybridized carbons (Fsp3) is 0.600. The van der Waals surface area contributed by atoms with Crippen LogP contribution in [0.5, 0.6) is 0 Å². The Kier molecular flexibility index (Phi) is 6.07.